The van der Waals surface area contributed by atoms with Crippen molar-refractivity contribution >= 4 is 17.2 Å². The number of thiophene rings is 1. The monoisotopic (exact) mass is 519 g/mol. The Kier molecular flexibility index (Phi) is 6.57. The largest absolute Gasteiger partial charge is 0.451 e. The topological polar surface area (TPSA) is 88.8 Å². The summed E-state index contributed by atoms with van der Waals surface area (Å²) in [5.74, 6) is -1.33. The predicted octanol–water partition coefficient (Wildman–Crippen LogP) is 3.70. The van der Waals surface area contributed by atoms with Crippen molar-refractivity contribution in [1.29, 1.82) is 0 Å². The van der Waals surface area contributed by atoms with Crippen LogP contribution in [0.4, 0.5) is 26.3 Å². The lowest BCUT2D eigenvalue weighted by molar-refractivity contribution is -0.145. The highest BCUT2D eigenvalue weighted by molar-refractivity contribution is 7.12. The van der Waals surface area contributed by atoms with Crippen LogP contribution < -0.4 is 5.32 Å². The van der Waals surface area contributed by atoms with Gasteiger partial charge in [-0.2, -0.15) is 31.4 Å². The maximum atomic E-state index is 13.6. The fraction of sp³-hybridized carbons (Fsp3) is 0.450. The van der Waals surface area contributed by atoms with Crippen molar-refractivity contribution < 1.29 is 31.1 Å². The molecule has 1 aliphatic heterocycles. The molecular formula is C20H19F6N7OS. The molecule has 1 aliphatic rings. The molecule has 1 fully saturated rings. The Balaban J connectivity index is 1.75. The number of rotatable bonds is 4. The van der Waals surface area contributed by atoms with E-state index in [1.165, 1.54) is 15.9 Å². The first-order valence-electron chi connectivity index (χ1n) is 10.3. The number of piperazine rings is 1. The highest BCUT2D eigenvalue weighted by Crippen LogP contribution is 2.45. The molecule has 188 valence electrons. The second kappa shape index (κ2) is 9.18. The Morgan fingerprint density at radius 2 is 1.80 bits per heavy atom. The Morgan fingerprint density at radius 1 is 1.11 bits per heavy atom. The van der Waals surface area contributed by atoms with E-state index in [-0.39, 0.29) is 41.0 Å². The molecule has 4 heterocycles. The first-order valence-corrected chi connectivity index (χ1v) is 11.1. The smallest absolute Gasteiger partial charge is 0.328 e. The van der Waals surface area contributed by atoms with Gasteiger partial charge in [-0.15, -0.1) is 11.3 Å². The number of carbonyl (C=O) groups is 1. The zero-order valence-electron chi connectivity index (χ0n) is 18.4. The Bertz CT molecular complexity index is 1200. The van der Waals surface area contributed by atoms with Crippen LogP contribution in [-0.2, 0) is 23.7 Å². The van der Waals surface area contributed by atoms with E-state index in [0.717, 1.165) is 18.5 Å². The second-order valence-electron chi connectivity index (χ2n) is 7.99. The van der Waals surface area contributed by atoms with Crippen molar-refractivity contribution in [3.63, 3.8) is 0 Å². The lowest BCUT2D eigenvalue weighted by Crippen LogP contribution is -2.54. The summed E-state index contributed by atoms with van der Waals surface area (Å²) < 4.78 is 80.8. The normalized spacial score (nSPS) is 19.3. The summed E-state index contributed by atoms with van der Waals surface area (Å²) in [4.78, 5) is 24.5. The van der Waals surface area contributed by atoms with Crippen LogP contribution in [0.25, 0.3) is 11.1 Å². The average molecular weight is 519 g/mol. The third-order valence-corrected chi connectivity index (χ3v) is 6.66. The summed E-state index contributed by atoms with van der Waals surface area (Å²) >= 11 is 0.440. The first kappa shape index (κ1) is 25.0. The maximum Gasteiger partial charge on any atom is 0.451 e. The third-order valence-electron chi connectivity index (χ3n) is 5.38. The number of amides is 1. The molecule has 35 heavy (non-hydrogen) atoms. The van der Waals surface area contributed by atoms with E-state index in [2.05, 4.69) is 25.4 Å². The molecule has 1 N–H and O–H groups in total. The van der Waals surface area contributed by atoms with Crippen LogP contribution in [0.2, 0.25) is 0 Å². The Labute approximate surface area is 199 Å². The van der Waals surface area contributed by atoms with Gasteiger partial charge in [-0.25, -0.2) is 19.6 Å². The average Bonchev–Trinajstić information content (AvgIpc) is 3.39. The summed E-state index contributed by atoms with van der Waals surface area (Å²) in [6, 6.07) is -0.331. The van der Waals surface area contributed by atoms with Crippen molar-refractivity contribution in [2.24, 2.45) is 0 Å². The lowest BCUT2D eigenvalue weighted by atomic mass is 10.0. The molecule has 15 heteroatoms. The fourth-order valence-corrected chi connectivity index (χ4v) is 5.04. The van der Waals surface area contributed by atoms with Gasteiger partial charge in [0.1, 0.15) is 23.6 Å². The molecule has 1 amide bonds. The van der Waals surface area contributed by atoms with E-state index >= 15 is 0 Å². The molecule has 2 atom stereocenters. The number of aromatic nitrogens is 5. The van der Waals surface area contributed by atoms with Crippen LogP contribution in [0, 0.1) is 6.92 Å². The number of nitrogens with one attached hydrogen (secondary N) is 1. The van der Waals surface area contributed by atoms with Gasteiger partial charge >= 0.3 is 12.4 Å². The molecular weight excluding hydrogens is 500 g/mol. The molecule has 0 radical (unpaired) electrons. The van der Waals surface area contributed by atoms with Gasteiger partial charge in [0.2, 0.25) is 11.7 Å². The summed E-state index contributed by atoms with van der Waals surface area (Å²) in [7, 11) is 0. The van der Waals surface area contributed by atoms with Gasteiger partial charge in [-0.3, -0.25) is 4.79 Å². The van der Waals surface area contributed by atoms with Crippen molar-refractivity contribution in [2.75, 3.05) is 13.1 Å². The van der Waals surface area contributed by atoms with Crippen LogP contribution >= 0.6 is 11.3 Å². The van der Waals surface area contributed by atoms with Crippen LogP contribution in [0.5, 0.6) is 0 Å². The van der Waals surface area contributed by atoms with E-state index in [1.54, 1.807) is 13.8 Å². The van der Waals surface area contributed by atoms with E-state index in [4.69, 9.17) is 0 Å². The summed E-state index contributed by atoms with van der Waals surface area (Å²) in [5.41, 5.74) is 0.00336. The van der Waals surface area contributed by atoms with Crippen LogP contribution in [0.1, 0.15) is 34.4 Å². The first-order chi connectivity index (χ1) is 16.3. The van der Waals surface area contributed by atoms with Crippen LogP contribution in [0.3, 0.4) is 0 Å². The number of hydrogen-bond donors (Lipinski definition) is 1. The van der Waals surface area contributed by atoms with Gasteiger partial charge < -0.3 is 10.2 Å². The third kappa shape index (κ3) is 5.29. The SMILES string of the molecule is Cc1ncn(CC(=O)N2C(C)CNCC2c2sc(C(F)(F)F)cc2-c2cnc(C(F)(F)F)nc2)n1. The molecule has 3 aromatic heterocycles. The zero-order chi connectivity index (χ0) is 25.5. The Morgan fingerprint density at radius 3 is 2.37 bits per heavy atom. The number of alkyl halides is 6. The van der Waals surface area contributed by atoms with Crippen LogP contribution in [0.15, 0.2) is 24.8 Å². The molecule has 3 aromatic rings. The van der Waals surface area contributed by atoms with Crippen LogP contribution in [-0.4, -0.2) is 54.7 Å². The zero-order valence-corrected chi connectivity index (χ0v) is 19.2. The van der Waals surface area contributed by atoms with Crippen molar-refractivity contribution in [2.45, 2.75) is 44.8 Å². The van der Waals surface area contributed by atoms with E-state index < -0.39 is 29.1 Å². The number of nitrogens with zero attached hydrogens (tertiary/aromatic N) is 6. The molecule has 0 bridgehead atoms. The van der Waals surface area contributed by atoms with Gasteiger partial charge in [0, 0.05) is 47.5 Å². The molecule has 8 nitrogen and oxygen atoms in total. The lowest BCUT2D eigenvalue weighted by Gasteiger charge is -2.41. The predicted molar refractivity (Wildman–Crippen MR) is 112 cm³/mol. The minimum absolute atomic E-state index is 0.0164. The van der Waals surface area contributed by atoms with Gasteiger partial charge in [0.05, 0.1) is 6.04 Å². The maximum absolute atomic E-state index is 13.6. The summed E-state index contributed by atoms with van der Waals surface area (Å²) in [6.07, 6.45) is -6.42. The van der Waals surface area contributed by atoms with E-state index in [0.29, 0.717) is 23.7 Å². The van der Waals surface area contributed by atoms with Gasteiger partial charge in [0.15, 0.2) is 0 Å². The van der Waals surface area contributed by atoms with Crippen molar-refractivity contribution in [1.82, 2.24) is 34.9 Å². The molecule has 0 aliphatic carbocycles. The quantitative estimate of drug-likeness (QED) is 0.529. The molecule has 2 unspecified atom stereocenters. The van der Waals surface area contributed by atoms with E-state index in [9.17, 15) is 31.1 Å². The van der Waals surface area contributed by atoms with Gasteiger partial charge in [-0.1, -0.05) is 0 Å². The van der Waals surface area contributed by atoms with Crippen molar-refractivity contribution in [3.05, 3.63) is 46.2 Å². The highest BCUT2D eigenvalue weighted by atomic mass is 32.1. The number of hydrogen-bond acceptors (Lipinski definition) is 7. The molecule has 0 saturated carbocycles. The Hall–Kier alpha value is -3.07. The molecule has 1 saturated heterocycles. The van der Waals surface area contributed by atoms with Crippen molar-refractivity contribution in [3.8, 4) is 11.1 Å². The number of carbonyl (C=O) groups excluding carboxylic acids is 1. The second-order valence-corrected chi connectivity index (χ2v) is 9.08. The summed E-state index contributed by atoms with van der Waals surface area (Å²) in [5, 5.41) is 7.19. The molecule has 0 spiro atoms. The molecule has 0 aromatic carbocycles. The fourth-order valence-electron chi connectivity index (χ4n) is 3.89. The minimum Gasteiger partial charge on any atom is -0.328 e. The minimum atomic E-state index is -4.79. The molecule has 4 rings (SSSR count). The number of halogens is 6. The standard InChI is InChI=1S/C20H19F6N7OS/c1-10-4-27-7-14(33(10)16(34)8-32-9-30-11(2)31-32)17-13(3-15(35-17)19(21,22)23)12-5-28-18(29-6-12)20(24,25)26/h3,5-6,9-10,14,27H,4,7-8H2,1-2H3. The summed E-state index contributed by atoms with van der Waals surface area (Å²) in [6.45, 7) is 3.80. The van der Waals surface area contributed by atoms with Gasteiger partial charge in [-0.05, 0) is 19.9 Å². The highest BCUT2D eigenvalue weighted by Gasteiger charge is 2.40. The van der Waals surface area contributed by atoms with E-state index in [1.807, 2.05) is 0 Å². The number of aryl methyl sites for hydroxylation is 1. The van der Waals surface area contributed by atoms with Gasteiger partial charge in [0.25, 0.3) is 0 Å².